The molecule has 0 atom stereocenters. The largest absolute Gasteiger partial charge is 0.499 e. The molecule has 0 spiro atoms. The van der Waals surface area contributed by atoms with E-state index in [9.17, 15) is 0 Å². The summed E-state index contributed by atoms with van der Waals surface area (Å²) in [5.74, 6) is 0. The zero-order chi connectivity index (χ0) is 16.9. The van der Waals surface area contributed by atoms with Crippen molar-refractivity contribution in [1.29, 1.82) is 0 Å². The topological polar surface area (TPSA) is 46.2 Å². The average molecular weight is 371 g/mol. The molecule has 0 unspecified atom stereocenters. The summed E-state index contributed by atoms with van der Waals surface area (Å²) >= 11 is 0. The number of hydrogen-bond acceptors (Lipinski definition) is 5. The summed E-state index contributed by atoms with van der Waals surface area (Å²) in [7, 11) is -4.91. The van der Waals surface area contributed by atoms with Gasteiger partial charge in [0.25, 0.3) is 0 Å². The molecule has 0 aromatic carbocycles. The van der Waals surface area contributed by atoms with Gasteiger partial charge in [0.2, 0.25) is 0 Å². The summed E-state index contributed by atoms with van der Waals surface area (Å²) in [4.78, 5) is 0. The zero-order valence-corrected chi connectivity index (χ0v) is 19.5. The van der Waals surface area contributed by atoms with Gasteiger partial charge in [-0.3, -0.25) is 0 Å². The van der Waals surface area contributed by atoms with Crippen LogP contribution in [0.2, 0.25) is 51.9 Å². The van der Waals surface area contributed by atoms with E-state index in [4.69, 9.17) is 21.5 Å². The molecular formula is C12H34O5Si4. The lowest BCUT2D eigenvalue weighted by Crippen LogP contribution is -2.55. The van der Waals surface area contributed by atoms with Crippen LogP contribution in [-0.2, 0) is 21.5 Å². The first kappa shape index (κ1) is 21.7. The maximum atomic E-state index is 6.41. The summed E-state index contributed by atoms with van der Waals surface area (Å²) in [5.41, 5.74) is 0. The van der Waals surface area contributed by atoms with E-state index in [1.165, 1.54) is 0 Å². The quantitative estimate of drug-likeness (QED) is 0.550. The summed E-state index contributed by atoms with van der Waals surface area (Å²) in [6, 6.07) is 0.761. The van der Waals surface area contributed by atoms with Crippen LogP contribution >= 0.6 is 0 Å². The van der Waals surface area contributed by atoms with E-state index in [2.05, 4.69) is 45.8 Å². The van der Waals surface area contributed by atoms with Crippen molar-refractivity contribution < 1.29 is 21.5 Å². The van der Waals surface area contributed by atoms with Gasteiger partial charge in [-0.15, -0.1) is 0 Å². The van der Waals surface area contributed by atoms with Gasteiger partial charge < -0.3 is 21.5 Å². The molecule has 0 aromatic rings. The first-order valence-corrected chi connectivity index (χ1v) is 18.7. The van der Waals surface area contributed by atoms with Crippen molar-refractivity contribution in [2.45, 2.75) is 58.8 Å². The molecule has 0 aliphatic carbocycles. The lowest BCUT2D eigenvalue weighted by atomic mass is 11.0. The fraction of sp³-hybridized carbons (Fsp3) is 1.00. The Morgan fingerprint density at radius 3 is 1.57 bits per heavy atom. The van der Waals surface area contributed by atoms with E-state index in [0.29, 0.717) is 6.23 Å². The molecule has 0 bridgehead atoms. The maximum absolute atomic E-state index is 6.41. The minimum Gasteiger partial charge on any atom is -0.437 e. The van der Waals surface area contributed by atoms with Gasteiger partial charge in [-0.1, -0.05) is 6.92 Å². The Bertz CT molecular complexity index is 305. The molecule has 0 radical (unpaired) electrons. The van der Waals surface area contributed by atoms with Crippen LogP contribution in [0, 0.1) is 0 Å². The lowest BCUT2D eigenvalue weighted by Gasteiger charge is -2.38. The van der Waals surface area contributed by atoms with Crippen LogP contribution in [0.25, 0.3) is 0 Å². The maximum Gasteiger partial charge on any atom is 0.499 e. The molecule has 0 aliphatic heterocycles. The van der Waals surface area contributed by atoms with Gasteiger partial charge in [0.1, 0.15) is 0 Å². The van der Waals surface area contributed by atoms with Crippen molar-refractivity contribution in [1.82, 2.24) is 0 Å². The minimum absolute atomic E-state index is 0.570. The second-order valence-corrected chi connectivity index (χ2v) is 22.9. The number of hydrogen-bond donors (Lipinski definition) is 0. The molecule has 0 rings (SSSR count). The van der Waals surface area contributed by atoms with Crippen molar-refractivity contribution in [3.8, 4) is 0 Å². The predicted molar refractivity (Wildman–Crippen MR) is 96.7 cm³/mol. The second-order valence-electron chi connectivity index (χ2n) is 7.21. The molecule has 0 fully saturated rings. The monoisotopic (exact) mass is 370 g/mol. The Balaban J connectivity index is 4.69. The highest BCUT2D eigenvalue weighted by molar-refractivity contribution is 6.87. The van der Waals surface area contributed by atoms with E-state index < -0.39 is 34.0 Å². The third kappa shape index (κ3) is 8.76. The SMILES string of the molecule is CC[Si](OC)(OC)OC[Si](C)(C)O[Si](C)(C)O[Si](C)(C)C. The molecule has 0 aliphatic rings. The molecule has 21 heavy (non-hydrogen) atoms. The Labute approximate surface area is 135 Å². The molecule has 0 saturated heterocycles. The van der Waals surface area contributed by atoms with E-state index >= 15 is 0 Å². The van der Waals surface area contributed by atoms with Crippen molar-refractivity contribution in [2.24, 2.45) is 0 Å². The molecule has 128 valence electrons. The Kier molecular flexibility index (Phi) is 8.23. The Morgan fingerprint density at radius 1 is 0.762 bits per heavy atom. The van der Waals surface area contributed by atoms with Gasteiger partial charge in [0, 0.05) is 20.3 Å². The first-order valence-electron chi connectivity index (χ1n) is 7.45. The van der Waals surface area contributed by atoms with Crippen molar-refractivity contribution >= 4 is 34.0 Å². The minimum atomic E-state index is -2.51. The first-order chi connectivity index (χ1) is 9.30. The van der Waals surface area contributed by atoms with Crippen molar-refractivity contribution in [2.75, 3.05) is 20.4 Å². The van der Waals surface area contributed by atoms with Gasteiger partial charge >= 0.3 is 17.4 Å². The third-order valence-corrected chi connectivity index (χ3v) is 15.2. The van der Waals surface area contributed by atoms with Crippen LogP contribution in [-0.4, -0.2) is 54.4 Å². The van der Waals surface area contributed by atoms with Gasteiger partial charge in [0.15, 0.2) is 16.6 Å². The second kappa shape index (κ2) is 7.97. The normalized spacial score (nSPS) is 14.6. The van der Waals surface area contributed by atoms with Crippen LogP contribution in [0.5, 0.6) is 0 Å². The van der Waals surface area contributed by atoms with Crippen molar-refractivity contribution in [3.05, 3.63) is 0 Å². The zero-order valence-electron chi connectivity index (χ0n) is 15.5. The number of rotatable bonds is 10. The van der Waals surface area contributed by atoms with Crippen LogP contribution in [0.4, 0.5) is 0 Å². The molecule has 0 aromatic heterocycles. The molecular weight excluding hydrogens is 336 g/mol. The van der Waals surface area contributed by atoms with E-state index in [0.717, 1.165) is 6.04 Å². The van der Waals surface area contributed by atoms with Crippen LogP contribution in [0.15, 0.2) is 0 Å². The van der Waals surface area contributed by atoms with Gasteiger partial charge in [-0.05, 0) is 45.8 Å². The van der Waals surface area contributed by atoms with Crippen LogP contribution in [0.3, 0.4) is 0 Å². The molecule has 5 nitrogen and oxygen atoms in total. The fourth-order valence-corrected chi connectivity index (χ4v) is 17.8. The molecule has 0 N–H and O–H groups in total. The van der Waals surface area contributed by atoms with Crippen LogP contribution in [0.1, 0.15) is 6.92 Å². The van der Waals surface area contributed by atoms with E-state index in [1.54, 1.807) is 14.2 Å². The third-order valence-electron chi connectivity index (χ3n) is 2.77. The molecule has 0 amide bonds. The average Bonchev–Trinajstić information content (AvgIpc) is 2.26. The van der Waals surface area contributed by atoms with E-state index in [-0.39, 0.29) is 0 Å². The molecule has 0 saturated carbocycles. The summed E-state index contributed by atoms with van der Waals surface area (Å²) in [6.07, 6.45) is 0.570. The van der Waals surface area contributed by atoms with Gasteiger partial charge in [-0.25, -0.2) is 0 Å². The Morgan fingerprint density at radius 2 is 1.24 bits per heavy atom. The highest BCUT2D eigenvalue weighted by atomic mass is 28.5. The smallest absolute Gasteiger partial charge is 0.437 e. The molecule has 0 heterocycles. The van der Waals surface area contributed by atoms with Crippen LogP contribution < -0.4 is 0 Å². The standard InChI is InChI=1S/C12H34O5Si4/c1-11-21(13-2,14-3)15-12-19(7,8)17-20(9,10)16-18(4,5)6/h11-12H2,1-10H3. The van der Waals surface area contributed by atoms with E-state index in [1.807, 2.05) is 6.92 Å². The van der Waals surface area contributed by atoms with Gasteiger partial charge in [-0.2, -0.15) is 0 Å². The summed E-state index contributed by atoms with van der Waals surface area (Å²) in [5, 5.41) is 0. The van der Waals surface area contributed by atoms with Crippen molar-refractivity contribution in [3.63, 3.8) is 0 Å². The Hall–Kier alpha value is 0.668. The summed E-state index contributed by atoms with van der Waals surface area (Å²) < 4.78 is 29.7. The fourth-order valence-electron chi connectivity index (χ4n) is 2.33. The predicted octanol–water partition coefficient (Wildman–Crippen LogP) is 3.57. The van der Waals surface area contributed by atoms with Gasteiger partial charge in [0.05, 0.1) is 6.23 Å². The highest BCUT2D eigenvalue weighted by Gasteiger charge is 2.42. The molecule has 9 heteroatoms. The summed E-state index contributed by atoms with van der Waals surface area (Å²) in [6.45, 7) is 17.2. The highest BCUT2D eigenvalue weighted by Crippen LogP contribution is 2.22. The lowest BCUT2D eigenvalue weighted by molar-refractivity contribution is 0.112.